The Balaban J connectivity index is 2.75. The summed E-state index contributed by atoms with van der Waals surface area (Å²) < 4.78 is 0. The van der Waals surface area contributed by atoms with E-state index in [0.717, 1.165) is 24.1 Å². The monoisotopic (exact) mass is 234 g/mol. The SMILES string of the molecule is Cc1cc(N)ccc1C(=O)N(C)CCC(C)C. The second kappa shape index (κ2) is 5.71. The Labute approximate surface area is 104 Å². The number of hydrogen-bond acceptors (Lipinski definition) is 2. The summed E-state index contributed by atoms with van der Waals surface area (Å²) in [6, 6.07) is 5.42. The van der Waals surface area contributed by atoms with E-state index in [2.05, 4.69) is 13.8 Å². The predicted octanol–water partition coefficient (Wildman–Crippen LogP) is 2.70. The van der Waals surface area contributed by atoms with E-state index in [-0.39, 0.29) is 5.91 Å². The van der Waals surface area contributed by atoms with Crippen LogP contribution in [0.5, 0.6) is 0 Å². The van der Waals surface area contributed by atoms with Crippen LogP contribution in [-0.2, 0) is 0 Å². The van der Waals surface area contributed by atoms with Crippen LogP contribution in [0.15, 0.2) is 18.2 Å². The fourth-order valence-electron chi connectivity index (χ4n) is 1.69. The van der Waals surface area contributed by atoms with Crippen molar-refractivity contribution in [3.05, 3.63) is 29.3 Å². The maximum atomic E-state index is 12.2. The van der Waals surface area contributed by atoms with Crippen molar-refractivity contribution in [2.45, 2.75) is 27.2 Å². The first-order chi connectivity index (χ1) is 7.91. The van der Waals surface area contributed by atoms with Gasteiger partial charge in [0.2, 0.25) is 0 Å². The Hall–Kier alpha value is -1.51. The number of nitrogens with zero attached hydrogens (tertiary/aromatic N) is 1. The van der Waals surface area contributed by atoms with Gasteiger partial charge in [0.1, 0.15) is 0 Å². The molecule has 0 fully saturated rings. The lowest BCUT2D eigenvalue weighted by molar-refractivity contribution is 0.0788. The molecule has 0 spiro atoms. The molecule has 0 atom stereocenters. The maximum absolute atomic E-state index is 12.2. The molecule has 3 heteroatoms. The van der Waals surface area contributed by atoms with Crippen LogP contribution in [0.1, 0.15) is 36.2 Å². The summed E-state index contributed by atoms with van der Waals surface area (Å²) in [5.41, 5.74) is 8.05. The highest BCUT2D eigenvalue weighted by Crippen LogP contribution is 2.14. The summed E-state index contributed by atoms with van der Waals surface area (Å²) in [6.07, 6.45) is 1.02. The standard InChI is InChI=1S/C14H22N2O/c1-10(2)7-8-16(4)14(17)13-6-5-12(15)9-11(13)3/h5-6,9-10H,7-8,15H2,1-4H3. The molecule has 2 N–H and O–H groups in total. The molecule has 94 valence electrons. The van der Waals surface area contributed by atoms with Gasteiger partial charge in [-0.15, -0.1) is 0 Å². The first kappa shape index (κ1) is 13.6. The Bertz CT molecular complexity index is 399. The van der Waals surface area contributed by atoms with Crippen LogP contribution < -0.4 is 5.73 Å². The van der Waals surface area contributed by atoms with Crippen molar-refractivity contribution in [3.8, 4) is 0 Å². The molecule has 0 aliphatic rings. The molecule has 1 rings (SSSR count). The Morgan fingerprint density at radius 1 is 1.41 bits per heavy atom. The van der Waals surface area contributed by atoms with Gasteiger partial charge in [-0.25, -0.2) is 0 Å². The minimum atomic E-state index is 0.0724. The van der Waals surface area contributed by atoms with Gasteiger partial charge in [0.15, 0.2) is 0 Å². The lowest BCUT2D eigenvalue weighted by Gasteiger charge is -2.19. The van der Waals surface area contributed by atoms with Crippen molar-refractivity contribution >= 4 is 11.6 Å². The largest absolute Gasteiger partial charge is 0.399 e. The van der Waals surface area contributed by atoms with Gasteiger partial charge in [0, 0.05) is 24.8 Å². The maximum Gasteiger partial charge on any atom is 0.253 e. The molecule has 0 heterocycles. The molecule has 0 saturated heterocycles. The fourth-order valence-corrected chi connectivity index (χ4v) is 1.69. The predicted molar refractivity (Wildman–Crippen MR) is 72.0 cm³/mol. The third-order valence-electron chi connectivity index (χ3n) is 2.87. The van der Waals surface area contributed by atoms with Crippen LogP contribution in [-0.4, -0.2) is 24.4 Å². The number of carbonyl (C=O) groups excluding carboxylic acids is 1. The number of aryl methyl sites for hydroxylation is 1. The van der Waals surface area contributed by atoms with Gasteiger partial charge in [-0.2, -0.15) is 0 Å². The smallest absolute Gasteiger partial charge is 0.253 e. The van der Waals surface area contributed by atoms with Gasteiger partial charge in [-0.3, -0.25) is 4.79 Å². The average Bonchev–Trinajstić information content (AvgIpc) is 2.25. The number of rotatable bonds is 4. The normalized spacial score (nSPS) is 10.6. The Morgan fingerprint density at radius 3 is 2.59 bits per heavy atom. The summed E-state index contributed by atoms with van der Waals surface area (Å²) in [5.74, 6) is 0.681. The Kier molecular flexibility index (Phi) is 4.55. The molecule has 0 aliphatic heterocycles. The van der Waals surface area contributed by atoms with Crippen molar-refractivity contribution < 1.29 is 4.79 Å². The molecule has 0 aromatic heterocycles. The van der Waals surface area contributed by atoms with E-state index in [0.29, 0.717) is 11.6 Å². The van der Waals surface area contributed by atoms with Gasteiger partial charge >= 0.3 is 0 Å². The number of hydrogen-bond donors (Lipinski definition) is 1. The summed E-state index contributed by atoms with van der Waals surface area (Å²) >= 11 is 0. The van der Waals surface area contributed by atoms with E-state index in [9.17, 15) is 4.79 Å². The third kappa shape index (κ3) is 3.77. The third-order valence-corrected chi connectivity index (χ3v) is 2.87. The van der Waals surface area contributed by atoms with E-state index >= 15 is 0 Å². The number of nitrogen functional groups attached to an aromatic ring is 1. The van der Waals surface area contributed by atoms with E-state index < -0.39 is 0 Å². The van der Waals surface area contributed by atoms with Gasteiger partial charge < -0.3 is 10.6 Å². The second-order valence-corrected chi connectivity index (χ2v) is 4.98. The number of benzene rings is 1. The van der Waals surface area contributed by atoms with Crippen LogP contribution in [0.4, 0.5) is 5.69 Å². The number of nitrogens with two attached hydrogens (primary N) is 1. The van der Waals surface area contributed by atoms with Gasteiger partial charge in [0.05, 0.1) is 0 Å². The first-order valence-electron chi connectivity index (χ1n) is 6.03. The zero-order valence-electron chi connectivity index (χ0n) is 11.2. The van der Waals surface area contributed by atoms with Crippen molar-refractivity contribution in [1.29, 1.82) is 0 Å². The second-order valence-electron chi connectivity index (χ2n) is 4.98. The van der Waals surface area contributed by atoms with Crippen LogP contribution >= 0.6 is 0 Å². The Morgan fingerprint density at radius 2 is 2.06 bits per heavy atom. The lowest BCUT2D eigenvalue weighted by Crippen LogP contribution is -2.29. The van der Waals surface area contributed by atoms with Crippen molar-refractivity contribution in [2.75, 3.05) is 19.3 Å². The minimum absolute atomic E-state index is 0.0724. The fraction of sp³-hybridized carbons (Fsp3) is 0.500. The molecule has 0 saturated carbocycles. The molecule has 1 aromatic rings. The molecule has 1 aromatic carbocycles. The van der Waals surface area contributed by atoms with Crippen LogP contribution in [0.2, 0.25) is 0 Å². The summed E-state index contributed by atoms with van der Waals surface area (Å²) in [7, 11) is 1.85. The average molecular weight is 234 g/mol. The number of amides is 1. The van der Waals surface area contributed by atoms with Gasteiger partial charge in [-0.1, -0.05) is 13.8 Å². The van der Waals surface area contributed by atoms with Crippen molar-refractivity contribution in [1.82, 2.24) is 4.90 Å². The van der Waals surface area contributed by atoms with E-state index in [4.69, 9.17) is 5.73 Å². The molecular formula is C14H22N2O. The zero-order chi connectivity index (χ0) is 13.0. The van der Waals surface area contributed by atoms with Gasteiger partial charge in [-0.05, 0) is 43.0 Å². The molecule has 3 nitrogen and oxygen atoms in total. The molecule has 17 heavy (non-hydrogen) atoms. The van der Waals surface area contributed by atoms with Gasteiger partial charge in [0.25, 0.3) is 5.91 Å². The number of carbonyl (C=O) groups is 1. The molecule has 0 unspecified atom stereocenters. The summed E-state index contributed by atoms with van der Waals surface area (Å²) in [6.45, 7) is 7.03. The molecule has 1 amide bonds. The lowest BCUT2D eigenvalue weighted by atomic mass is 10.1. The summed E-state index contributed by atoms with van der Waals surface area (Å²) in [5, 5.41) is 0. The first-order valence-corrected chi connectivity index (χ1v) is 6.03. The van der Waals surface area contributed by atoms with E-state index in [1.807, 2.05) is 20.0 Å². The van der Waals surface area contributed by atoms with Crippen LogP contribution in [0.3, 0.4) is 0 Å². The quantitative estimate of drug-likeness (QED) is 0.814. The topological polar surface area (TPSA) is 46.3 Å². The van der Waals surface area contributed by atoms with E-state index in [1.54, 1.807) is 17.0 Å². The zero-order valence-corrected chi connectivity index (χ0v) is 11.2. The van der Waals surface area contributed by atoms with Crippen molar-refractivity contribution in [2.24, 2.45) is 5.92 Å². The highest BCUT2D eigenvalue weighted by atomic mass is 16.2. The highest BCUT2D eigenvalue weighted by molar-refractivity contribution is 5.95. The van der Waals surface area contributed by atoms with Crippen molar-refractivity contribution in [3.63, 3.8) is 0 Å². The molecular weight excluding hydrogens is 212 g/mol. The molecule has 0 bridgehead atoms. The minimum Gasteiger partial charge on any atom is -0.399 e. The molecule has 0 radical (unpaired) electrons. The van der Waals surface area contributed by atoms with Crippen LogP contribution in [0.25, 0.3) is 0 Å². The summed E-state index contributed by atoms with van der Waals surface area (Å²) in [4.78, 5) is 14.0. The highest BCUT2D eigenvalue weighted by Gasteiger charge is 2.14. The van der Waals surface area contributed by atoms with Crippen LogP contribution in [0, 0.1) is 12.8 Å². The number of anilines is 1. The molecule has 0 aliphatic carbocycles. The van der Waals surface area contributed by atoms with E-state index in [1.165, 1.54) is 0 Å².